The van der Waals surface area contributed by atoms with E-state index in [1.165, 1.54) is 27.5 Å². The van der Waals surface area contributed by atoms with Gasteiger partial charge < -0.3 is 5.11 Å². The standard InChI is InChI=1S/C13H19IO/c1-3-4-5-11-6-12(10(2)9-15)8-13(14)7-11/h6-8,10,15H,3-5,9H2,1-2H3. The van der Waals surface area contributed by atoms with Crippen molar-refractivity contribution >= 4 is 22.6 Å². The molecule has 0 fully saturated rings. The van der Waals surface area contributed by atoms with Gasteiger partial charge in [-0.1, -0.05) is 26.3 Å². The summed E-state index contributed by atoms with van der Waals surface area (Å²) < 4.78 is 1.27. The Labute approximate surface area is 106 Å². The summed E-state index contributed by atoms with van der Waals surface area (Å²) >= 11 is 2.35. The van der Waals surface area contributed by atoms with Crippen molar-refractivity contribution in [3.8, 4) is 0 Å². The average molecular weight is 318 g/mol. The highest BCUT2D eigenvalue weighted by molar-refractivity contribution is 14.1. The van der Waals surface area contributed by atoms with Crippen LogP contribution in [-0.2, 0) is 6.42 Å². The quantitative estimate of drug-likeness (QED) is 0.820. The fourth-order valence-corrected chi connectivity index (χ4v) is 2.35. The Balaban J connectivity index is 2.84. The highest BCUT2D eigenvalue weighted by atomic mass is 127. The smallest absolute Gasteiger partial charge is 0.0497 e. The molecular formula is C13H19IO. The van der Waals surface area contributed by atoms with Crippen LogP contribution in [-0.4, -0.2) is 11.7 Å². The molecule has 0 heterocycles. The SMILES string of the molecule is CCCCc1cc(I)cc(C(C)CO)c1. The van der Waals surface area contributed by atoms with E-state index >= 15 is 0 Å². The Hall–Kier alpha value is -0.0900. The van der Waals surface area contributed by atoms with Crippen molar-refractivity contribution in [2.24, 2.45) is 0 Å². The predicted octanol–water partition coefficient (Wildman–Crippen LogP) is 3.73. The van der Waals surface area contributed by atoms with Gasteiger partial charge in [0, 0.05) is 16.1 Å². The highest BCUT2D eigenvalue weighted by Gasteiger charge is 2.06. The minimum atomic E-state index is 0.229. The van der Waals surface area contributed by atoms with E-state index in [1.807, 2.05) is 0 Å². The Kier molecular flexibility index (Phi) is 5.61. The van der Waals surface area contributed by atoms with E-state index in [1.54, 1.807) is 0 Å². The van der Waals surface area contributed by atoms with Crippen LogP contribution in [0.25, 0.3) is 0 Å². The fourth-order valence-electron chi connectivity index (χ4n) is 1.59. The summed E-state index contributed by atoms with van der Waals surface area (Å²) in [6.07, 6.45) is 3.63. The van der Waals surface area contributed by atoms with Gasteiger partial charge in [-0.05, 0) is 58.7 Å². The largest absolute Gasteiger partial charge is 0.396 e. The summed E-state index contributed by atoms with van der Waals surface area (Å²) in [5.74, 6) is 0.250. The summed E-state index contributed by atoms with van der Waals surface area (Å²) in [5.41, 5.74) is 2.66. The summed E-state index contributed by atoms with van der Waals surface area (Å²) in [5, 5.41) is 9.14. The normalized spacial score (nSPS) is 12.8. The van der Waals surface area contributed by atoms with E-state index in [0.717, 1.165) is 6.42 Å². The molecule has 0 saturated carbocycles. The average Bonchev–Trinajstić information content (AvgIpc) is 2.24. The fraction of sp³-hybridized carbons (Fsp3) is 0.538. The third-order valence-electron chi connectivity index (χ3n) is 2.64. The number of aliphatic hydroxyl groups is 1. The molecule has 0 spiro atoms. The maximum atomic E-state index is 9.14. The summed E-state index contributed by atoms with van der Waals surface area (Å²) in [6.45, 7) is 4.51. The number of aliphatic hydroxyl groups excluding tert-OH is 1. The zero-order chi connectivity index (χ0) is 11.3. The molecule has 1 rings (SSSR count). The number of rotatable bonds is 5. The molecule has 1 aromatic carbocycles. The van der Waals surface area contributed by atoms with Crippen LogP contribution < -0.4 is 0 Å². The molecule has 0 aromatic heterocycles. The minimum Gasteiger partial charge on any atom is -0.396 e. The second kappa shape index (κ2) is 6.48. The molecule has 2 heteroatoms. The van der Waals surface area contributed by atoms with Crippen LogP contribution in [0, 0.1) is 3.57 Å². The molecule has 15 heavy (non-hydrogen) atoms. The number of hydrogen-bond acceptors (Lipinski definition) is 1. The Morgan fingerprint density at radius 3 is 2.67 bits per heavy atom. The lowest BCUT2D eigenvalue weighted by molar-refractivity contribution is 0.273. The van der Waals surface area contributed by atoms with E-state index in [0.29, 0.717) is 0 Å². The molecular weight excluding hydrogens is 299 g/mol. The van der Waals surface area contributed by atoms with E-state index in [9.17, 15) is 0 Å². The number of unbranched alkanes of at least 4 members (excludes halogenated alkanes) is 1. The van der Waals surface area contributed by atoms with Gasteiger partial charge in [0.1, 0.15) is 0 Å². The third kappa shape index (κ3) is 4.11. The second-order valence-electron chi connectivity index (χ2n) is 4.08. The van der Waals surface area contributed by atoms with Crippen LogP contribution >= 0.6 is 22.6 Å². The summed E-state index contributed by atoms with van der Waals surface area (Å²) in [7, 11) is 0. The number of benzene rings is 1. The molecule has 1 aromatic rings. The molecule has 0 radical (unpaired) electrons. The molecule has 1 atom stereocenters. The van der Waals surface area contributed by atoms with Crippen LogP contribution in [0.5, 0.6) is 0 Å². The van der Waals surface area contributed by atoms with Gasteiger partial charge in [0.2, 0.25) is 0 Å². The summed E-state index contributed by atoms with van der Waals surface area (Å²) in [6, 6.07) is 6.64. The van der Waals surface area contributed by atoms with E-state index < -0.39 is 0 Å². The van der Waals surface area contributed by atoms with E-state index in [2.05, 4.69) is 54.6 Å². The lowest BCUT2D eigenvalue weighted by atomic mass is 9.98. The maximum absolute atomic E-state index is 9.14. The van der Waals surface area contributed by atoms with Gasteiger partial charge in [0.15, 0.2) is 0 Å². The lowest BCUT2D eigenvalue weighted by Crippen LogP contribution is -2.00. The first-order chi connectivity index (χ1) is 7.17. The molecule has 0 aliphatic rings. The Bertz CT molecular complexity index is 309. The van der Waals surface area contributed by atoms with Crippen LogP contribution in [0.2, 0.25) is 0 Å². The van der Waals surface area contributed by atoms with Crippen molar-refractivity contribution in [3.05, 3.63) is 32.9 Å². The molecule has 1 unspecified atom stereocenters. The third-order valence-corrected chi connectivity index (χ3v) is 3.26. The van der Waals surface area contributed by atoms with Crippen molar-refractivity contribution in [1.82, 2.24) is 0 Å². The van der Waals surface area contributed by atoms with Gasteiger partial charge in [0.25, 0.3) is 0 Å². The van der Waals surface area contributed by atoms with Gasteiger partial charge in [-0.2, -0.15) is 0 Å². The summed E-state index contributed by atoms with van der Waals surface area (Å²) in [4.78, 5) is 0. The Morgan fingerprint density at radius 2 is 2.07 bits per heavy atom. The number of aryl methyl sites for hydroxylation is 1. The van der Waals surface area contributed by atoms with Crippen LogP contribution in [0.3, 0.4) is 0 Å². The first kappa shape index (κ1) is 13.0. The van der Waals surface area contributed by atoms with Crippen LogP contribution in [0.4, 0.5) is 0 Å². The topological polar surface area (TPSA) is 20.2 Å². The maximum Gasteiger partial charge on any atom is 0.0497 e. The number of hydrogen-bond donors (Lipinski definition) is 1. The van der Waals surface area contributed by atoms with Crippen LogP contribution in [0.1, 0.15) is 43.7 Å². The zero-order valence-electron chi connectivity index (χ0n) is 9.46. The van der Waals surface area contributed by atoms with Crippen molar-refractivity contribution in [2.45, 2.75) is 39.0 Å². The van der Waals surface area contributed by atoms with Crippen molar-refractivity contribution < 1.29 is 5.11 Å². The van der Waals surface area contributed by atoms with Gasteiger partial charge in [-0.25, -0.2) is 0 Å². The molecule has 0 bridgehead atoms. The van der Waals surface area contributed by atoms with E-state index in [-0.39, 0.29) is 12.5 Å². The van der Waals surface area contributed by atoms with Gasteiger partial charge in [-0.15, -0.1) is 0 Å². The molecule has 84 valence electrons. The van der Waals surface area contributed by atoms with Gasteiger partial charge >= 0.3 is 0 Å². The molecule has 0 saturated heterocycles. The molecule has 0 amide bonds. The molecule has 1 nitrogen and oxygen atoms in total. The first-order valence-corrected chi connectivity index (χ1v) is 6.65. The van der Waals surface area contributed by atoms with Gasteiger partial charge in [0.05, 0.1) is 0 Å². The molecule has 0 aliphatic carbocycles. The number of halogens is 1. The first-order valence-electron chi connectivity index (χ1n) is 5.57. The van der Waals surface area contributed by atoms with Gasteiger partial charge in [-0.3, -0.25) is 0 Å². The second-order valence-corrected chi connectivity index (χ2v) is 5.33. The highest BCUT2D eigenvalue weighted by Crippen LogP contribution is 2.20. The monoisotopic (exact) mass is 318 g/mol. The predicted molar refractivity (Wildman–Crippen MR) is 73.3 cm³/mol. The Morgan fingerprint density at radius 1 is 1.33 bits per heavy atom. The van der Waals surface area contributed by atoms with Crippen molar-refractivity contribution in [3.63, 3.8) is 0 Å². The van der Waals surface area contributed by atoms with Crippen molar-refractivity contribution in [2.75, 3.05) is 6.61 Å². The van der Waals surface area contributed by atoms with E-state index in [4.69, 9.17) is 5.11 Å². The molecule has 1 N–H and O–H groups in total. The van der Waals surface area contributed by atoms with Crippen LogP contribution in [0.15, 0.2) is 18.2 Å². The zero-order valence-corrected chi connectivity index (χ0v) is 11.6. The molecule has 0 aliphatic heterocycles. The minimum absolute atomic E-state index is 0.229. The van der Waals surface area contributed by atoms with Crippen molar-refractivity contribution in [1.29, 1.82) is 0 Å². The lowest BCUT2D eigenvalue weighted by Gasteiger charge is -2.11.